The molecular weight excluding hydrogens is 292 g/mol. The Kier molecular flexibility index (Phi) is 5.54. The van der Waals surface area contributed by atoms with Crippen LogP contribution < -0.4 is 0 Å². The third kappa shape index (κ3) is 3.47. The van der Waals surface area contributed by atoms with Crippen molar-refractivity contribution in [1.82, 2.24) is 0 Å². The van der Waals surface area contributed by atoms with E-state index >= 15 is 0 Å². The third-order valence-electron chi connectivity index (χ3n) is 3.91. The topological polar surface area (TPSA) is 88.1 Å². The molecule has 1 saturated heterocycles. The van der Waals surface area contributed by atoms with Crippen LogP contribution in [-0.2, 0) is 33.3 Å². The van der Waals surface area contributed by atoms with Crippen LogP contribution in [0.5, 0.6) is 0 Å². The molecule has 0 saturated carbocycles. The minimum absolute atomic E-state index is 0.00558. The Labute approximate surface area is 128 Å². The molecule has 0 aliphatic carbocycles. The summed E-state index contributed by atoms with van der Waals surface area (Å²) in [6.07, 6.45) is 2.70. The molecule has 2 rings (SSSR count). The molecule has 0 aromatic carbocycles. The predicted molar refractivity (Wildman–Crippen MR) is 73.6 cm³/mol. The molecule has 2 aliphatic heterocycles. The second-order valence-electron chi connectivity index (χ2n) is 5.32. The highest BCUT2D eigenvalue weighted by Gasteiger charge is 2.52. The Bertz CT molecular complexity index is 459. The average Bonchev–Trinajstić information content (AvgIpc) is 3.11. The van der Waals surface area contributed by atoms with E-state index in [0.717, 1.165) is 0 Å². The van der Waals surface area contributed by atoms with E-state index in [1.807, 2.05) is 6.92 Å². The van der Waals surface area contributed by atoms with E-state index < -0.39 is 30.2 Å². The lowest BCUT2D eigenvalue weighted by atomic mass is 9.91. The first-order chi connectivity index (χ1) is 10.6. The van der Waals surface area contributed by atoms with Gasteiger partial charge in [-0.15, -0.1) is 0 Å². The van der Waals surface area contributed by atoms with E-state index in [2.05, 4.69) is 0 Å². The van der Waals surface area contributed by atoms with Gasteiger partial charge < -0.3 is 18.9 Å². The Morgan fingerprint density at radius 2 is 1.91 bits per heavy atom. The van der Waals surface area contributed by atoms with Crippen LogP contribution in [0.1, 0.15) is 20.3 Å². The Hall–Kier alpha value is -1.89. The summed E-state index contributed by atoms with van der Waals surface area (Å²) in [5.74, 6) is -1.69. The lowest BCUT2D eigenvalue weighted by molar-refractivity contribution is -0.161. The molecule has 0 N–H and O–H groups in total. The van der Waals surface area contributed by atoms with Gasteiger partial charge in [-0.05, 0) is 6.42 Å². The zero-order chi connectivity index (χ0) is 16.1. The Balaban J connectivity index is 1.76. The number of esters is 2. The van der Waals surface area contributed by atoms with Crippen LogP contribution in [0.3, 0.4) is 0 Å². The third-order valence-corrected chi connectivity index (χ3v) is 3.91. The maximum Gasteiger partial charge on any atom is 0.315 e. The summed E-state index contributed by atoms with van der Waals surface area (Å²) in [6, 6.07) is 0. The van der Waals surface area contributed by atoms with Gasteiger partial charge in [-0.2, -0.15) is 0 Å². The Morgan fingerprint density at radius 1 is 1.23 bits per heavy atom. The lowest BCUT2D eigenvalue weighted by Crippen LogP contribution is -2.38. The van der Waals surface area contributed by atoms with Crippen molar-refractivity contribution in [2.75, 3.05) is 13.2 Å². The summed E-state index contributed by atoms with van der Waals surface area (Å²) in [6.45, 7) is 3.94. The average molecular weight is 312 g/mol. The van der Waals surface area contributed by atoms with Gasteiger partial charge in [0.25, 0.3) is 6.47 Å². The van der Waals surface area contributed by atoms with Gasteiger partial charge in [0.2, 0.25) is 0 Å². The number of ether oxygens (including phenoxy) is 4. The van der Waals surface area contributed by atoms with Crippen LogP contribution in [0.25, 0.3) is 0 Å². The van der Waals surface area contributed by atoms with Gasteiger partial charge in [0.05, 0.1) is 12.0 Å². The molecule has 1 fully saturated rings. The minimum Gasteiger partial charge on any atom is -0.462 e. The summed E-state index contributed by atoms with van der Waals surface area (Å²) < 4.78 is 20.5. The largest absolute Gasteiger partial charge is 0.462 e. The number of carbonyl (C=O) groups excluding carboxylic acids is 3. The van der Waals surface area contributed by atoms with Crippen molar-refractivity contribution in [3.63, 3.8) is 0 Å². The first kappa shape index (κ1) is 16.5. The molecule has 0 spiro atoms. The van der Waals surface area contributed by atoms with E-state index in [4.69, 9.17) is 18.9 Å². The minimum atomic E-state index is -0.675. The first-order valence-corrected chi connectivity index (χ1v) is 7.34. The van der Waals surface area contributed by atoms with Crippen molar-refractivity contribution in [2.45, 2.75) is 38.6 Å². The molecule has 22 heavy (non-hydrogen) atoms. The van der Waals surface area contributed by atoms with Crippen molar-refractivity contribution in [1.29, 1.82) is 0 Å². The fourth-order valence-corrected chi connectivity index (χ4v) is 2.46. The normalized spacial score (nSPS) is 29.9. The molecule has 5 atom stereocenters. The summed E-state index contributed by atoms with van der Waals surface area (Å²) in [5, 5.41) is 0. The van der Waals surface area contributed by atoms with Crippen LogP contribution >= 0.6 is 0 Å². The van der Waals surface area contributed by atoms with Crippen molar-refractivity contribution in [3.05, 3.63) is 12.2 Å². The van der Waals surface area contributed by atoms with Crippen molar-refractivity contribution in [3.8, 4) is 0 Å². The smallest absolute Gasteiger partial charge is 0.315 e. The van der Waals surface area contributed by atoms with Crippen LogP contribution in [-0.4, -0.2) is 49.9 Å². The summed E-state index contributed by atoms with van der Waals surface area (Å²) in [4.78, 5) is 34.1. The molecule has 2 heterocycles. The van der Waals surface area contributed by atoms with Crippen LogP contribution in [0, 0.1) is 11.8 Å². The molecule has 122 valence electrons. The second-order valence-corrected chi connectivity index (χ2v) is 5.32. The highest BCUT2D eigenvalue weighted by molar-refractivity contribution is 5.76. The van der Waals surface area contributed by atoms with E-state index in [9.17, 15) is 14.4 Å². The highest BCUT2D eigenvalue weighted by Crippen LogP contribution is 2.36. The predicted octanol–water partition coefficient (Wildman–Crippen LogP) is 0.614. The summed E-state index contributed by atoms with van der Waals surface area (Å²) in [5.41, 5.74) is 0. The van der Waals surface area contributed by atoms with Gasteiger partial charge in [-0.3, -0.25) is 14.4 Å². The zero-order valence-corrected chi connectivity index (χ0v) is 12.6. The van der Waals surface area contributed by atoms with E-state index in [1.165, 1.54) is 0 Å². The van der Waals surface area contributed by atoms with Crippen LogP contribution in [0.4, 0.5) is 0 Å². The van der Waals surface area contributed by atoms with Crippen LogP contribution in [0.2, 0.25) is 0 Å². The fourth-order valence-electron chi connectivity index (χ4n) is 2.46. The Morgan fingerprint density at radius 3 is 2.59 bits per heavy atom. The van der Waals surface area contributed by atoms with Crippen molar-refractivity contribution < 1.29 is 33.3 Å². The van der Waals surface area contributed by atoms with Gasteiger partial charge in [-0.1, -0.05) is 26.0 Å². The van der Waals surface area contributed by atoms with Gasteiger partial charge >= 0.3 is 11.9 Å². The summed E-state index contributed by atoms with van der Waals surface area (Å²) >= 11 is 0. The molecule has 2 aliphatic rings. The number of hydrogen-bond donors (Lipinski definition) is 0. The number of fused-ring (bicyclic) bond motifs is 2. The molecule has 2 bridgehead atoms. The SMILES string of the molecule is CCC(C)C(=O)OCCOC(=O)C1C2C=CC(O2)C1OC=O. The molecule has 5 unspecified atom stereocenters. The number of hydrogen-bond acceptors (Lipinski definition) is 7. The van der Waals surface area contributed by atoms with Gasteiger partial charge in [0.1, 0.15) is 31.3 Å². The molecule has 0 amide bonds. The van der Waals surface area contributed by atoms with Gasteiger partial charge in [-0.25, -0.2) is 0 Å². The zero-order valence-electron chi connectivity index (χ0n) is 12.6. The van der Waals surface area contributed by atoms with Gasteiger partial charge in [0.15, 0.2) is 0 Å². The second kappa shape index (κ2) is 7.40. The molecular formula is C15H20O7. The van der Waals surface area contributed by atoms with Crippen LogP contribution in [0.15, 0.2) is 12.2 Å². The van der Waals surface area contributed by atoms with E-state index in [1.54, 1.807) is 19.1 Å². The van der Waals surface area contributed by atoms with Crippen molar-refractivity contribution >= 4 is 18.4 Å². The molecule has 0 aromatic rings. The first-order valence-electron chi connectivity index (χ1n) is 7.34. The van der Waals surface area contributed by atoms with E-state index in [-0.39, 0.29) is 25.1 Å². The highest BCUT2D eigenvalue weighted by atomic mass is 16.6. The van der Waals surface area contributed by atoms with Crippen molar-refractivity contribution in [2.24, 2.45) is 11.8 Å². The molecule has 0 aromatic heterocycles. The van der Waals surface area contributed by atoms with Gasteiger partial charge in [0, 0.05) is 0 Å². The standard InChI is InChI=1S/C15H20O7/c1-3-9(2)14(17)19-6-7-20-15(18)12-10-4-5-11(22-10)13(12)21-8-16/h4-5,8-13H,3,6-7H2,1-2H3. The maximum atomic E-state index is 12.1. The monoisotopic (exact) mass is 312 g/mol. The molecule has 0 radical (unpaired) electrons. The molecule has 7 nitrogen and oxygen atoms in total. The quantitative estimate of drug-likeness (QED) is 0.213. The summed E-state index contributed by atoms with van der Waals surface area (Å²) in [7, 11) is 0. The van der Waals surface area contributed by atoms with E-state index in [0.29, 0.717) is 12.9 Å². The molecule has 7 heteroatoms. The maximum absolute atomic E-state index is 12.1. The number of carbonyl (C=O) groups is 3. The number of rotatable bonds is 8. The lowest BCUT2D eigenvalue weighted by Gasteiger charge is -2.21. The fraction of sp³-hybridized carbons (Fsp3) is 0.667.